The van der Waals surface area contributed by atoms with Crippen molar-refractivity contribution in [2.24, 2.45) is 17.8 Å². The summed E-state index contributed by atoms with van der Waals surface area (Å²) >= 11 is 0. The topological polar surface area (TPSA) is 29.5 Å². The molecule has 0 saturated carbocycles. The van der Waals surface area contributed by atoms with Crippen molar-refractivity contribution in [3.05, 3.63) is 22.3 Å². The number of hydrogen-bond acceptors (Lipinski definition) is 2. The summed E-state index contributed by atoms with van der Waals surface area (Å²) in [4.78, 5) is 0. The van der Waals surface area contributed by atoms with Crippen LogP contribution in [0.4, 0.5) is 0 Å². The van der Waals surface area contributed by atoms with E-state index in [1.54, 1.807) is 0 Å². The third-order valence-corrected chi connectivity index (χ3v) is 6.05. The lowest BCUT2D eigenvalue weighted by Gasteiger charge is -2.39. The van der Waals surface area contributed by atoms with Gasteiger partial charge in [-0.2, -0.15) is 0 Å². The molecule has 0 unspecified atom stereocenters. The van der Waals surface area contributed by atoms with E-state index in [0.717, 1.165) is 53.5 Å². The highest BCUT2D eigenvalue weighted by Crippen LogP contribution is 2.45. The highest BCUT2D eigenvalue weighted by Gasteiger charge is 2.35. The van der Waals surface area contributed by atoms with Gasteiger partial charge in [-0.25, -0.2) is 0 Å². The summed E-state index contributed by atoms with van der Waals surface area (Å²) in [6.07, 6.45) is 5.72. The molecule has 0 aromatic heterocycles. The van der Waals surface area contributed by atoms with Gasteiger partial charge in [0.05, 0.1) is 0 Å². The van der Waals surface area contributed by atoms with Crippen LogP contribution in [0.15, 0.2) is 0 Å². The lowest BCUT2D eigenvalue weighted by molar-refractivity contribution is 0.0370. The zero-order chi connectivity index (χ0) is 18.9. The van der Waals surface area contributed by atoms with E-state index >= 15 is 0 Å². The summed E-state index contributed by atoms with van der Waals surface area (Å²) < 4.78 is 6.59. The van der Waals surface area contributed by atoms with Gasteiger partial charge in [-0.15, -0.1) is 0 Å². The van der Waals surface area contributed by atoms with Gasteiger partial charge in [0, 0.05) is 5.56 Å². The monoisotopic (exact) mass is 346 g/mol. The second-order valence-corrected chi connectivity index (χ2v) is 9.36. The summed E-state index contributed by atoms with van der Waals surface area (Å²) in [6, 6.07) is 0. The number of phenols is 1. The van der Waals surface area contributed by atoms with E-state index in [1.807, 2.05) is 13.8 Å². The summed E-state index contributed by atoms with van der Waals surface area (Å²) in [5, 5.41) is 10.3. The quantitative estimate of drug-likeness (QED) is 0.637. The van der Waals surface area contributed by atoms with Crippen LogP contribution in [0.3, 0.4) is 0 Å². The molecule has 0 spiro atoms. The molecule has 0 bridgehead atoms. The Hall–Kier alpha value is -1.18. The number of fused-ring (bicyclic) bond motifs is 1. The van der Waals surface area contributed by atoms with Crippen LogP contribution in [0, 0.1) is 38.5 Å². The minimum Gasteiger partial charge on any atom is -0.507 e. The Morgan fingerprint density at radius 1 is 0.960 bits per heavy atom. The van der Waals surface area contributed by atoms with Crippen LogP contribution in [-0.2, 0) is 6.42 Å². The fourth-order valence-corrected chi connectivity index (χ4v) is 4.85. The zero-order valence-electron chi connectivity index (χ0n) is 17.6. The lowest BCUT2D eigenvalue weighted by atomic mass is 9.80. The standard InChI is InChI=1S/C23H38O2/c1-14(2)11-15(3)12-16(4)13-23(8)10-9-20-19(7)21(24)17(5)18(6)22(20)25-23/h14-16,24H,9-13H2,1-8H3/t15-,16-,23+/m1/s1. The van der Waals surface area contributed by atoms with Gasteiger partial charge in [0.15, 0.2) is 0 Å². The molecule has 0 saturated heterocycles. The SMILES string of the molecule is Cc1c(C)c2c(c(C)c1O)CC[C@@](C)(C[C@H](C)C[C@H](C)CC(C)C)O2. The Morgan fingerprint density at radius 3 is 2.20 bits per heavy atom. The normalized spacial score (nSPS) is 22.4. The molecule has 2 rings (SSSR count). The van der Waals surface area contributed by atoms with E-state index in [4.69, 9.17) is 4.74 Å². The molecular weight excluding hydrogens is 308 g/mol. The summed E-state index contributed by atoms with van der Waals surface area (Å²) in [5.41, 5.74) is 4.17. The molecule has 1 N–H and O–H groups in total. The second kappa shape index (κ2) is 7.60. The fourth-order valence-electron chi connectivity index (χ4n) is 4.85. The van der Waals surface area contributed by atoms with Crippen LogP contribution in [0.2, 0.25) is 0 Å². The number of aromatic hydroxyl groups is 1. The Labute approximate surface area is 155 Å². The van der Waals surface area contributed by atoms with Crippen molar-refractivity contribution in [1.82, 2.24) is 0 Å². The molecule has 1 aliphatic heterocycles. The first-order valence-electron chi connectivity index (χ1n) is 10.0. The van der Waals surface area contributed by atoms with Crippen molar-refractivity contribution < 1.29 is 9.84 Å². The molecule has 0 amide bonds. The molecule has 142 valence electrons. The van der Waals surface area contributed by atoms with Gasteiger partial charge in [-0.1, -0.05) is 27.7 Å². The van der Waals surface area contributed by atoms with Crippen molar-refractivity contribution >= 4 is 0 Å². The van der Waals surface area contributed by atoms with E-state index in [1.165, 1.54) is 18.4 Å². The van der Waals surface area contributed by atoms with Gasteiger partial charge >= 0.3 is 0 Å². The maximum absolute atomic E-state index is 10.3. The molecule has 3 atom stereocenters. The summed E-state index contributed by atoms with van der Waals surface area (Å²) in [7, 11) is 0. The van der Waals surface area contributed by atoms with Crippen molar-refractivity contribution in [2.75, 3.05) is 0 Å². The van der Waals surface area contributed by atoms with Gasteiger partial charge in [-0.05, 0) is 94.2 Å². The third-order valence-electron chi connectivity index (χ3n) is 6.05. The molecule has 0 radical (unpaired) electrons. The Kier molecular flexibility index (Phi) is 6.12. The van der Waals surface area contributed by atoms with Crippen LogP contribution in [0.25, 0.3) is 0 Å². The van der Waals surface area contributed by atoms with E-state index in [9.17, 15) is 5.11 Å². The van der Waals surface area contributed by atoms with Crippen molar-refractivity contribution in [2.45, 2.75) is 93.1 Å². The van der Waals surface area contributed by atoms with Gasteiger partial charge in [0.1, 0.15) is 17.1 Å². The van der Waals surface area contributed by atoms with E-state index in [2.05, 4.69) is 41.5 Å². The summed E-state index contributed by atoms with van der Waals surface area (Å²) in [5.74, 6) is 3.69. The van der Waals surface area contributed by atoms with Crippen LogP contribution >= 0.6 is 0 Å². The molecule has 1 aliphatic rings. The Balaban J connectivity index is 2.13. The Bertz CT molecular complexity index is 617. The van der Waals surface area contributed by atoms with E-state index < -0.39 is 0 Å². The molecular formula is C23H38O2. The molecule has 25 heavy (non-hydrogen) atoms. The zero-order valence-corrected chi connectivity index (χ0v) is 17.6. The van der Waals surface area contributed by atoms with Crippen LogP contribution in [0.5, 0.6) is 11.5 Å². The molecule has 0 aliphatic carbocycles. The first-order chi connectivity index (χ1) is 11.5. The van der Waals surface area contributed by atoms with E-state index in [0.29, 0.717) is 11.7 Å². The number of benzene rings is 1. The number of phenolic OH excluding ortho intramolecular Hbond substituents is 1. The first kappa shape index (κ1) is 20.1. The van der Waals surface area contributed by atoms with Gasteiger partial charge < -0.3 is 9.84 Å². The largest absolute Gasteiger partial charge is 0.507 e. The van der Waals surface area contributed by atoms with Crippen LogP contribution in [-0.4, -0.2) is 10.7 Å². The summed E-state index contributed by atoms with van der Waals surface area (Å²) in [6.45, 7) is 17.7. The number of hydrogen-bond donors (Lipinski definition) is 1. The molecule has 2 heteroatoms. The van der Waals surface area contributed by atoms with Crippen molar-refractivity contribution in [3.63, 3.8) is 0 Å². The second-order valence-electron chi connectivity index (χ2n) is 9.36. The highest BCUT2D eigenvalue weighted by molar-refractivity contribution is 5.58. The van der Waals surface area contributed by atoms with Crippen molar-refractivity contribution in [3.8, 4) is 11.5 Å². The van der Waals surface area contributed by atoms with Crippen molar-refractivity contribution in [1.29, 1.82) is 0 Å². The smallest absolute Gasteiger partial charge is 0.127 e. The molecule has 1 aromatic rings. The van der Waals surface area contributed by atoms with Crippen LogP contribution in [0.1, 0.15) is 82.6 Å². The van der Waals surface area contributed by atoms with Crippen LogP contribution < -0.4 is 4.74 Å². The maximum Gasteiger partial charge on any atom is 0.127 e. The lowest BCUT2D eigenvalue weighted by Crippen LogP contribution is -2.39. The maximum atomic E-state index is 10.3. The number of rotatable bonds is 6. The first-order valence-corrected chi connectivity index (χ1v) is 10.0. The number of ether oxygens (including phenoxy) is 1. The third kappa shape index (κ3) is 4.51. The van der Waals surface area contributed by atoms with Gasteiger partial charge in [-0.3, -0.25) is 0 Å². The van der Waals surface area contributed by atoms with Gasteiger partial charge in [0.25, 0.3) is 0 Å². The average Bonchev–Trinajstić information content (AvgIpc) is 2.49. The van der Waals surface area contributed by atoms with Gasteiger partial charge in [0.2, 0.25) is 0 Å². The molecule has 1 heterocycles. The minimum absolute atomic E-state index is 0.0927. The molecule has 1 aromatic carbocycles. The van der Waals surface area contributed by atoms with E-state index in [-0.39, 0.29) is 5.60 Å². The highest BCUT2D eigenvalue weighted by atomic mass is 16.5. The minimum atomic E-state index is -0.0927. The fraction of sp³-hybridized carbons (Fsp3) is 0.739. The average molecular weight is 347 g/mol. The molecule has 0 fully saturated rings. The Morgan fingerprint density at radius 2 is 1.60 bits per heavy atom. The predicted molar refractivity (Wildman–Crippen MR) is 107 cm³/mol. The predicted octanol–water partition coefficient (Wildman–Crippen LogP) is 6.50. The molecule has 2 nitrogen and oxygen atoms in total.